The number of halogens is 5. The van der Waals surface area contributed by atoms with E-state index < -0.39 is 11.7 Å². The monoisotopic (exact) mass is 560 g/mol. The van der Waals surface area contributed by atoms with Gasteiger partial charge in [0.25, 0.3) is 0 Å². The fourth-order valence-corrected chi connectivity index (χ4v) is 6.40. The highest BCUT2D eigenvalue weighted by atomic mass is 35.5. The number of carbonyl (C=O) groups is 1. The van der Waals surface area contributed by atoms with Crippen LogP contribution in [0, 0.1) is 11.8 Å². The number of carbonyl (C=O) groups excluding carboxylic acids is 1. The van der Waals surface area contributed by atoms with E-state index in [9.17, 15) is 18.0 Å². The molecule has 1 saturated heterocycles. The second kappa shape index (κ2) is 11.3. The second-order valence-corrected chi connectivity index (χ2v) is 11.3. The maximum Gasteiger partial charge on any atom is 0.416 e. The lowest BCUT2D eigenvalue weighted by molar-refractivity contribution is -0.137. The van der Waals surface area contributed by atoms with E-state index in [0.29, 0.717) is 28.9 Å². The Labute approximate surface area is 230 Å². The number of alkyl halides is 3. The summed E-state index contributed by atoms with van der Waals surface area (Å²) in [6.45, 7) is 0.405. The summed E-state index contributed by atoms with van der Waals surface area (Å²) in [4.78, 5) is 12.5. The van der Waals surface area contributed by atoms with E-state index in [1.54, 1.807) is 0 Å². The summed E-state index contributed by atoms with van der Waals surface area (Å²) >= 11 is 12.4. The fourth-order valence-electron chi connectivity index (χ4n) is 6.14. The van der Waals surface area contributed by atoms with Crippen molar-refractivity contribution < 1.29 is 18.0 Å². The maximum absolute atomic E-state index is 12.9. The Morgan fingerprint density at radius 2 is 1.45 bits per heavy atom. The molecule has 3 aromatic rings. The molecule has 1 heterocycles. The first-order valence-corrected chi connectivity index (χ1v) is 13.6. The third-order valence-electron chi connectivity index (χ3n) is 7.99. The smallest absolute Gasteiger partial charge is 0.353 e. The SMILES string of the molecule is O=C1CC(NCc2ccc(C(F)(F)F)cc2)C2CC(C(c3ccc(Cl)cc3)c3ccc(Cl)cc3)CCC2N1. The van der Waals surface area contributed by atoms with Crippen LogP contribution in [-0.2, 0) is 17.5 Å². The predicted molar refractivity (Wildman–Crippen MR) is 144 cm³/mol. The summed E-state index contributed by atoms with van der Waals surface area (Å²) in [7, 11) is 0. The Morgan fingerprint density at radius 1 is 0.868 bits per heavy atom. The average molecular weight is 561 g/mol. The molecule has 2 fully saturated rings. The van der Waals surface area contributed by atoms with Crippen molar-refractivity contribution in [2.75, 3.05) is 0 Å². The molecule has 1 aliphatic carbocycles. The molecule has 200 valence electrons. The van der Waals surface area contributed by atoms with Crippen LogP contribution in [0.4, 0.5) is 13.2 Å². The summed E-state index contributed by atoms with van der Waals surface area (Å²) in [5.41, 5.74) is 2.47. The molecule has 3 aromatic carbocycles. The first kappa shape index (κ1) is 27.0. The highest BCUT2D eigenvalue weighted by Crippen LogP contribution is 2.45. The van der Waals surface area contributed by atoms with Crippen LogP contribution in [0.3, 0.4) is 0 Å². The first-order valence-electron chi connectivity index (χ1n) is 12.9. The molecule has 38 heavy (non-hydrogen) atoms. The van der Waals surface area contributed by atoms with Crippen molar-refractivity contribution in [3.63, 3.8) is 0 Å². The van der Waals surface area contributed by atoms with Gasteiger partial charge in [-0.3, -0.25) is 4.79 Å². The van der Waals surface area contributed by atoms with Crippen molar-refractivity contribution in [1.29, 1.82) is 0 Å². The molecular formula is C30H29Cl2F3N2O. The standard InChI is InChI=1S/C30H29Cl2F3N2O/c31-23-10-3-19(4-11-23)29(20-5-12-24(32)13-6-20)21-7-14-26-25(15-21)27(16-28(38)37-26)36-17-18-1-8-22(9-2-18)30(33,34)35/h1-6,8-13,21,25-27,29,36H,7,14-17H2,(H,37,38). The molecule has 1 aliphatic heterocycles. The highest BCUT2D eigenvalue weighted by Gasteiger charge is 2.43. The van der Waals surface area contributed by atoms with Crippen molar-refractivity contribution in [3.05, 3.63) is 105 Å². The number of hydrogen-bond acceptors (Lipinski definition) is 2. The van der Waals surface area contributed by atoms with E-state index in [-0.39, 0.29) is 29.8 Å². The van der Waals surface area contributed by atoms with Crippen LogP contribution in [0.1, 0.15) is 53.9 Å². The quantitative estimate of drug-likeness (QED) is 0.325. The zero-order chi connectivity index (χ0) is 26.9. The molecule has 3 nitrogen and oxygen atoms in total. The number of hydrogen-bond donors (Lipinski definition) is 2. The van der Waals surface area contributed by atoms with Crippen molar-refractivity contribution >= 4 is 29.1 Å². The third-order valence-corrected chi connectivity index (χ3v) is 8.49. The lowest BCUT2D eigenvalue weighted by Crippen LogP contribution is -2.58. The van der Waals surface area contributed by atoms with Gasteiger partial charge in [0.05, 0.1) is 5.56 Å². The molecule has 4 atom stereocenters. The van der Waals surface area contributed by atoms with Crippen LogP contribution >= 0.6 is 23.2 Å². The van der Waals surface area contributed by atoms with Crippen LogP contribution in [0.2, 0.25) is 10.0 Å². The van der Waals surface area contributed by atoms with Gasteiger partial charge in [0.1, 0.15) is 0 Å². The minimum Gasteiger partial charge on any atom is -0.353 e. The Kier molecular flexibility index (Phi) is 8.03. The molecule has 0 aromatic heterocycles. The molecule has 8 heteroatoms. The summed E-state index contributed by atoms with van der Waals surface area (Å²) in [6.07, 6.45) is -1.27. The van der Waals surface area contributed by atoms with E-state index in [2.05, 4.69) is 34.9 Å². The van der Waals surface area contributed by atoms with Gasteiger partial charge in [0.15, 0.2) is 0 Å². The van der Waals surface area contributed by atoms with Crippen LogP contribution in [0.15, 0.2) is 72.8 Å². The number of rotatable bonds is 6. The summed E-state index contributed by atoms with van der Waals surface area (Å²) in [5, 5.41) is 8.07. The van der Waals surface area contributed by atoms with Crippen LogP contribution in [0.25, 0.3) is 0 Å². The summed E-state index contributed by atoms with van der Waals surface area (Å²) < 4.78 is 38.8. The molecule has 0 spiro atoms. The molecule has 0 radical (unpaired) electrons. The Bertz CT molecular complexity index is 1200. The van der Waals surface area contributed by atoms with E-state index in [4.69, 9.17) is 23.2 Å². The third kappa shape index (κ3) is 6.19. The van der Waals surface area contributed by atoms with Gasteiger partial charge in [-0.1, -0.05) is 59.6 Å². The lowest BCUT2D eigenvalue weighted by Gasteiger charge is -2.46. The van der Waals surface area contributed by atoms with Crippen LogP contribution < -0.4 is 10.6 Å². The number of amides is 1. The van der Waals surface area contributed by atoms with E-state index >= 15 is 0 Å². The van der Waals surface area contributed by atoms with Gasteiger partial charge < -0.3 is 10.6 Å². The topological polar surface area (TPSA) is 41.1 Å². The normalized spacial score (nSPS) is 23.7. The molecule has 1 saturated carbocycles. The lowest BCUT2D eigenvalue weighted by atomic mass is 9.65. The summed E-state index contributed by atoms with van der Waals surface area (Å²) in [5.74, 6) is 0.715. The minimum absolute atomic E-state index is 0.0153. The molecule has 5 rings (SSSR count). The van der Waals surface area contributed by atoms with E-state index in [1.165, 1.54) is 23.3 Å². The van der Waals surface area contributed by atoms with Gasteiger partial charge in [0, 0.05) is 41.0 Å². The van der Waals surface area contributed by atoms with Gasteiger partial charge in [0.2, 0.25) is 5.91 Å². The van der Waals surface area contributed by atoms with Crippen molar-refractivity contribution in [2.24, 2.45) is 11.8 Å². The van der Waals surface area contributed by atoms with Crippen LogP contribution in [-0.4, -0.2) is 18.0 Å². The van der Waals surface area contributed by atoms with Crippen molar-refractivity contribution in [3.8, 4) is 0 Å². The Balaban J connectivity index is 1.36. The Hall–Kier alpha value is -2.54. The number of fused-ring (bicyclic) bond motifs is 1. The minimum atomic E-state index is -4.36. The number of benzene rings is 3. The van der Waals surface area contributed by atoms with E-state index in [1.807, 2.05) is 24.3 Å². The molecule has 0 bridgehead atoms. The number of piperidine rings is 1. The summed E-state index contributed by atoms with van der Waals surface area (Å²) in [6, 6.07) is 21.2. The van der Waals surface area contributed by atoms with Crippen molar-refractivity contribution in [1.82, 2.24) is 10.6 Å². The first-order chi connectivity index (χ1) is 18.2. The number of nitrogens with one attached hydrogen (secondary N) is 2. The van der Waals surface area contributed by atoms with Gasteiger partial charge in [-0.25, -0.2) is 0 Å². The van der Waals surface area contributed by atoms with Crippen molar-refractivity contribution in [2.45, 2.75) is 56.4 Å². The Morgan fingerprint density at radius 3 is 2.00 bits per heavy atom. The average Bonchev–Trinajstić information content (AvgIpc) is 2.89. The molecule has 2 aliphatic rings. The molecule has 1 amide bonds. The van der Waals surface area contributed by atoms with Crippen LogP contribution in [0.5, 0.6) is 0 Å². The molecular weight excluding hydrogens is 532 g/mol. The van der Waals surface area contributed by atoms with Gasteiger partial charge in [-0.2, -0.15) is 13.2 Å². The van der Waals surface area contributed by atoms with Gasteiger partial charge in [-0.15, -0.1) is 0 Å². The zero-order valence-corrected chi connectivity index (χ0v) is 22.2. The predicted octanol–water partition coefficient (Wildman–Crippen LogP) is 7.61. The largest absolute Gasteiger partial charge is 0.416 e. The molecule has 2 N–H and O–H groups in total. The molecule has 4 unspecified atom stereocenters. The van der Waals surface area contributed by atoms with E-state index in [0.717, 1.165) is 37.0 Å². The highest BCUT2D eigenvalue weighted by molar-refractivity contribution is 6.30. The van der Waals surface area contributed by atoms with Gasteiger partial charge in [-0.05, 0) is 84.2 Å². The zero-order valence-electron chi connectivity index (χ0n) is 20.6. The fraction of sp³-hybridized carbons (Fsp3) is 0.367. The second-order valence-electron chi connectivity index (χ2n) is 10.4. The van der Waals surface area contributed by atoms with Gasteiger partial charge >= 0.3 is 6.18 Å². The maximum atomic E-state index is 12.9.